The highest BCUT2D eigenvalue weighted by atomic mass is 32.1. The molecule has 33 heavy (non-hydrogen) atoms. The molecular formula is C24H20N2O6S. The van der Waals surface area contributed by atoms with Crippen molar-refractivity contribution < 1.29 is 28.3 Å². The lowest BCUT2D eigenvalue weighted by Crippen LogP contribution is -2.33. The van der Waals surface area contributed by atoms with Crippen LogP contribution in [0, 0.1) is 0 Å². The van der Waals surface area contributed by atoms with Gasteiger partial charge in [0.2, 0.25) is 5.91 Å². The van der Waals surface area contributed by atoms with E-state index in [4.69, 9.17) is 26.1 Å². The number of nitrogens with one attached hydrogen (secondary N) is 2. The predicted octanol–water partition coefficient (Wildman–Crippen LogP) is 4.05. The molecule has 0 saturated carbocycles. The monoisotopic (exact) mass is 464 g/mol. The van der Waals surface area contributed by atoms with Crippen molar-refractivity contribution in [2.24, 2.45) is 0 Å². The highest BCUT2D eigenvalue weighted by Gasteiger charge is 2.14. The van der Waals surface area contributed by atoms with Crippen LogP contribution >= 0.6 is 12.2 Å². The van der Waals surface area contributed by atoms with E-state index in [1.54, 1.807) is 6.07 Å². The number of furan rings is 1. The van der Waals surface area contributed by atoms with E-state index in [1.165, 1.54) is 44.6 Å². The summed E-state index contributed by atoms with van der Waals surface area (Å²) in [6.45, 7) is 0. The van der Waals surface area contributed by atoms with Gasteiger partial charge in [-0.25, -0.2) is 9.59 Å². The maximum atomic E-state index is 12.2. The molecule has 1 aromatic heterocycles. The molecule has 0 unspecified atom stereocenters. The molecule has 1 amide bonds. The topological polar surface area (TPSA) is 107 Å². The van der Waals surface area contributed by atoms with Crippen molar-refractivity contribution in [1.29, 1.82) is 0 Å². The zero-order chi connectivity index (χ0) is 23.8. The molecule has 0 aliphatic heterocycles. The number of thiocarbonyl (C=S) groups is 1. The second-order valence-electron chi connectivity index (χ2n) is 6.63. The van der Waals surface area contributed by atoms with Crippen LogP contribution in [0.4, 0.5) is 5.69 Å². The van der Waals surface area contributed by atoms with Crippen molar-refractivity contribution in [2.45, 2.75) is 0 Å². The number of hydrogen-bond acceptors (Lipinski definition) is 7. The van der Waals surface area contributed by atoms with Gasteiger partial charge in [0, 0.05) is 17.3 Å². The second kappa shape index (κ2) is 10.9. The van der Waals surface area contributed by atoms with Crippen molar-refractivity contribution in [3.05, 3.63) is 83.6 Å². The molecule has 1 heterocycles. The first-order chi connectivity index (χ1) is 15.9. The van der Waals surface area contributed by atoms with Crippen LogP contribution in [0.3, 0.4) is 0 Å². The number of rotatable bonds is 6. The van der Waals surface area contributed by atoms with E-state index in [0.29, 0.717) is 17.2 Å². The molecule has 3 rings (SSSR count). The van der Waals surface area contributed by atoms with Crippen molar-refractivity contribution in [3.63, 3.8) is 0 Å². The van der Waals surface area contributed by atoms with Crippen LogP contribution in [0.25, 0.3) is 17.4 Å². The molecule has 2 aromatic carbocycles. The number of anilines is 1. The van der Waals surface area contributed by atoms with Crippen LogP contribution in [-0.4, -0.2) is 37.2 Å². The van der Waals surface area contributed by atoms with E-state index < -0.39 is 17.8 Å². The van der Waals surface area contributed by atoms with Crippen molar-refractivity contribution in [1.82, 2.24) is 5.32 Å². The van der Waals surface area contributed by atoms with Gasteiger partial charge >= 0.3 is 11.9 Å². The van der Waals surface area contributed by atoms with Crippen LogP contribution in [0.15, 0.2) is 71.2 Å². The molecular weight excluding hydrogens is 444 g/mol. The van der Waals surface area contributed by atoms with Gasteiger partial charge in [-0.1, -0.05) is 30.3 Å². The fourth-order valence-corrected chi connectivity index (χ4v) is 3.06. The maximum Gasteiger partial charge on any atom is 0.337 e. The SMILES string of the molecule is COC(=O)c1cc(NC(=S)NC(=O)/C=C/c2ccc(-c3ccccc3)o2)cc(C(=O)OC)c1. The van der Waals surface area contributed by atoms with Crippen LogP contribution < -0.4 is 10.6 Å². The van der Waals surface area contributed by atoms with E-state index in [9.17, 15) is 14.4 Å². The molecule has 0 atom stereocenters. The summed E-state index contributed by atoms with van der Waals surface area (Å²) in [5.41, 5.74) is 1.45. The van der Waals surface area contributed by atoms with Gasteiger partial charge in [0.15, 0.2) is 5.11 Å². The Hall–Kier alpha value is -4.24. The van der Waals surface area contributed by atoms with Crippen LogP contribution in [-0.2, 0) is 14.3 Å². The number of hydrogen-bond donors (Lipinski definition) is 2. The molecule has 0 spiro atoms. The number of carbonyl (C=O) groups is 3. The standard InChI is InChI=1S/C24H20N2O6S/c1-30-22(28)16-12-17(23(29)31-2)14-18(13-16)25-24(33)26-21(27)11-9-19-8-10-20(32-19)15-6-4-3-5-7-15/h3-14H,1-2H3,(H2,25,26,27,33)/b11-9+. The first kappa shape index (κ1) is 23.4. The minimum Gasteiger partial charge on any atom is -0.465 e. The predicted molar refractivity (Wildman–Crippen MR) is 127 cm³/mol. The zero-order valence-electron chi connectivity index (χ0n) is 17.8. The Morgan fingerprint density at radius 2 is 1.55 bits per heavy atom. The van der Waals surface area contributed by atoms with Gasteiger partial charge in [0.1, 0.15) is 11.5 Å². The average Bonchev–Trinajstić information content (AvgIpc) is 3.31. The smallest absolute Gasteiger partial charge is 0.337 e. The second-order valence-corrected chi connectivity index (χ2v) is 7.04. The lowest BCUT2D eigenvalue weighted by Gasteiger charge is -2.11. The highest BCUT2D eigenvalue weighted by molar-refractivity contribution is 7.80. The number of benzene rings is 2. The van der Waals surface area contributed by atoms with Crippen LogP contribution in [0.5, 0.6) is 0 Å². The molecule has 0 aliphatic rings. The number of methoxy groups -OCH3 is 2. The largest absolute Gasteiger partial charge is 0.465 e. The first-order valence-corrected chi connectivity index (χ1v) is 10.1. The fraction of sp³-hybridized carbons (Fsp3) is 0.0833. The minimum absolute atomic E-state index is 0.0353. The summed E-state index contributed by atoms with van der Waals surface area (Å²) < 4.78 is 15.1. The highest BCUT2D eigenvalue weighted by Crippen LogP contribution is 2.22. The average molecular weight is 464 g/mol. The Kier molecular flexibility index (Phi) is 7.72. The molecule has 2 N–H and O–H groups in total. The molecule has 0 saturated heterocycles. The zero-order valence-corrected chi connectivity index (χ0v) is 18.6. The number of carbonyl (C=O) groups excluding carboxylic acids is 3. The third-order valence-electron chi connectivity index (χ3n) is 4.35. The maximum absolute atomic E-state index is 12.2. The summed E-state index contributed by atoms with van der Waals surface area (Å²) in [6, 6.07) is 17.3. The Morgan fingerprint density at radius 3 is 2.15 bits per heavy atom. The van der Waals surface area contributed by atoms with Gasteiger partial charge in [0.25, 0.3) is 0 Å². The molecule has 8 nitrogen and oxygen atoms in total. The quantitative estimate of drug-likeness (QED) is 0.320. The van der Waals surface area contributed by atoms with Gasteiger partial charge in [-0.15, -0.1) is 0 Å². The molecule has 0 aliphatic carbocycles. The van der Waals surface area contributed by atoms with Gasteiger partial charge in [0.05, 0.1) is 25.3 Å². The Morgan fingerprint density at radius 1 is 0.909 bits per heavy atom. The summed E-state index contributed by atoms with van der Waals surface area (Å²) in [6.07, 6.45) is 2.78. The first-order valence-electron chi connectivity index (χ1n) is 9.66. The van der Waals surface area contributed by atoms with E-state index in [2.05, 4.69) is 10.6 Å². The minimum atomic E-state index is -0.644. The summed E-state index contributed by atoms with van der Waals surface area (Å²) in [4.78, 5) is 36.0. The van der Waals surface area contributed by atoms with Crippen LogP contribution in [0.1, 0.15) is 26.5 Å². The Labute approximate surface area is 195 Å². The summed E-state index contributed by atoms with van der Waals surface area (Å²) >= 11 is 5.15. The van der Waals surface area contributed by atoms with Crippen molar-refractivity contribution in [3.8, 4) is 11.3 Å². The Bertz CT molecular complexity index is 1180. The summed E-state index contributed by atoms with van der Waals surface area (Å²) in [5, 5.41) is 5.21. The van der Waals surface area contributed by atoms with E-state index in [0.717, 1.165) is 5.56 Å². The summed E-state index contributed by atoms with van der Waals surface area (Å²) in [5.74, 6) is -0.608. The molecule has 9 heteroatoms. The van der Waals surface area contributed by atoms with Crippen LogP contribution in [0.2, 0.25) is 0 Å². The number of ether oxygens (including phenoxy) is 2. The molecule has 0 bridgehead atoms. The third-order valence-corrected chi connectivity index (χ3v) is 4.56. The van der Waals surface area contributed by atoms with Crippen molar-refractivity contribution in [2.75, 3.05) is 19.5 Å². The molecule has 0 radical (unpaired) electrons. The van der Waals surface area contributed by atoms with Crippen molar-refractivity contribution >= 4 is 46.9 Å². The number of amides is 1. The van der Waals surface area contributed by atoms with Gasteiger partial charge < -0.3 is 19.2 Å². The number of esters is 2. The molecule has 168 valence electrons. The van der Waals surface area contributed by atoms with Gasteiger partial charge in [-0.3, -0.25) is 10.1 Å². The lowest BCUT2D eigenvalue weighted by atomic mass is 10.1. The van der Waals surface area contributed by atoms with Gasteiger partial charge in [-0.2, -0.15) is 0 Å². The fourth-order valence-electron chi connectivity index (χ4n) is 2.84. The summed E-state index contributed by atoms with van der Waals surface area (Å²) in [7, 11) is 2.44. The van der Waals surface area contributed by atoms with E-state index >= 15 is 0 Å². The molecule has 3 aromatic rings. The normalized spacial score (nSPS) is 10.5. The lowest BCUT2D eigenvalue weighted by molar-refractivity contribution is -0.115. The van der Waals surface area contributed by atoms with E-state index in [1.807, 2.05) is 36.4 Å². The van der Waals surface area contributed by atoms with Gasteiger partial charge in [-0.05, 0) is 48.6 Å². The van der Waals surface area contributed by atoms with E-state index in [-0.39, 0.29) is 16.2 Å². The third kappa shape index (κ3) is 6.37. The Balaban J connectivity index is 1.64. The molecule has 0 fully saturated rings.